The Bertz CT molecular complexity index is 1020. The van der Waals surface area contributed by atoms with E-state index in [4.69, 9.17) is 0 Å². The maximum atomic E-state index is 12.0. The molecule has 2 N–H and O–H groups in total. The van der Waals surface area contributed by atoms with Crippen molar-refractivity contribution in [2.24, 2.45) is 0 Å². The van der Waals surface area contributed by atoms with Gasteiger partial charge in [-0.15, -0.1) is 12.6 Å². The monoisotopic (exact) mass is 452 g/mol. The summed E-state index contributed by atoms with van der Waals surface area (Å²) in [5.74, 6) is -0.758. The van der Waals surface area contributed by atoms with Crippen LogP contribution in [0.1, 0.15) is 0 Å². The van der Waals surface area contributed by atoms with Crippen LogP contribution in [0, 0.1) is 0 Å². The Kier molecular flexibility index (Phi) is 6.68. The van der Waals surface area contributed by atoms with E-state index in [1.54, 1.807) is 12.1 Å². The fourth-order valence-electron chi connectivity index (χ4n) is 2.50. The quantitative estimate of drug-likeness (QED) is 0.351. The van der Waals surface area contributed by atoms with Crippen LogP contribution in [0.2, 0.25) is 0 Å². The number of hydrogen-bond acceptors (Lipinski definition) is 3. The molecule has 3 aromatic rings. The van der Waals surface area contributed by atoms with Crippen molar-refractivity contribution in [3.63, 3.8) is 0 Å². The first-order chi connectivity index (χ1) is 13.5. The number of amides is 2. The summed E-state index contributed by atoms with van der Waals surface area (Å²) in [7, 11) is 0. The molecular weight excluding hydrogens is 436 g/mol. The molecule has 3 rings (SSSR count). The lowest BCUT2D eigenvalue weighted by Gasteiger charge is -2.07. The number of rotatable bonds is 5. The Labute approximate surface area is 177 Å². The van der Waals surface area contributed by atoms with Gasteiger partial charge in [0.2, 0.25) is 11.8 Å². The van der Waals surface area contributed by atoms with E-state index in [1.807, 2.05) is 60.7 Å². The summed E-state index contributed by atoms with van der Waals surface area (Å²) in [6.45, 7) is 0. The maximum absolute atomic E-state index is 12.0. The third-order valence-electron chi connectivity index (χ3n) is 3.87. The molecule has 0 heterocycles. The molecule has 2 amide bonds. The van der Waals surface area contributed by atoms with Gasteiger partial charge in [0.15, 0.2) is 0 Å². The van der Waals surface area contributed by atoms with Crippen LogP contribution in [-0.4, -0.2) is 11.8 Å². The van der Waals surface area contributed by atoms with Gasteiger partial charge in [0.05, 0.1) is 0 Å². The van der Waals surface area contributed by atoms with E-state index in [9.17, 15) is 9.59 Å². The zero-order valence-electron chi connectivity index (χ0n) is 14.7. The summed E-state index contributed by atoms with van der Waals surface area (Å²) in [6.07, 6.45) is 2.40. The van der Waals surface area contributed by atoms with Gasteiger partial charge in [0.25, 0.3) is 0 Å². The third-order valence-corrected chi connectivity index (χ3v) is 4.78. The van der Waals surface area contributed by atoms with Crippen molar-refractivity contribution in [3.8, 4) is 11.1 Å². The number of halogens is 1. The Morgan fingerprint density at radius 1 is 0.750 bits per heavy atom. The van der Waals surface area contributed by atoms with E-state index in [0.29, 0.717) is 11.4 Å². The summed E-state index contributed by atoms with van der Waals surface area (Å²) in [5, 5.41) is 5.42. The van der Waals surface area contributed by atoms with Gasteiger partial charge in [-0.2, -0.15) is 0 Å². The fourth-order valence-corrected chi connectivity index (χ4v) is 3.06. The summed E-state index contributed by atoms with van der Waals surface area (Å²) in [6, 6.07) is 22.4. The maximum Gasteiger partial charge on any atom is 0.248 e. The first kappa shape index (κ1) is 19.9. The highest BCUT2D eigenvalue weighted by Crippen LogP contribution is 2.27. The number of nitrogens with one attached hydrogen (secondary N) is 2. The van der Waals surface area contributed by atoms with Crippen LogP contribution >= 0.6 is 28.6 Å². The number of carbonyl (C=O) groups is 2. The zero-order chi connectivity index (χ0) is 19.9. The van der Waals surface area contributed by atoms with Crippen molar-refractivity contribution < 1.29 is 9.59 Å². The highest BCUT2D eigenvalue weighted by molar-refractivity contribution is 9.10. The lowest BCUT2D eigenvalue weighted by Crippen LogP contribution is -2.12. The van der Waals surface area contributed by atoms with Crippen LogP contribution in [-0.2, 0) is 9.59 Å². The van der Waals surface area contributed by atoms with Crippen molar-refractivity contribution in [2.45, 2.75) is 4.90 Å². The molecule has 4 nitrogen and oxygen atoms in total. The molecule has 6 heteroatoms. The molecule has 0 atom stereocenters. The molecule has 0 aliphatic rings. The molecule has 0 bridgehead atoms. The highest BCUT2D eigenvalue weighted by atomic mass is 79.9. The van der Waals surface area contributed by atoms with Crippen molar-refractivity contribution in [1.82, 2.24) is 0 Å². The molecule has 0 radical (unpaired) electrons. The van der Waals surface area contributed by atoms with Crippen molar-refractivity contribution >= 4 is 51.7 Å². The minimum Gasteiger partial charge on any atom is -0.323 e. The molecule has 0 aliphatic carbocycles. The summed E-state index contributed by atoms with van der Waals surface area (Å²) < 4.78 is 0.921. The molecule has 0 unspecified atom stereocenters. The molecule has 0 spiro atoms. The van der Waals surface area contributed by atoms with E-state index in [1.165, 1.54) is 12.2 Å². The summed E-state index contributed by atoms with van der Waals surface area (Å²) in [5.41, 5.74) is 3.32. The molecule has 0 saturated carbocycles. The van der Waals surface area contributed by atoms with Gasteiger partial charge >= 0.3 is 0 Å². The fraction of sp³-hybridized carbons (Fsp3) is 0. The molecule has 0 aliphatic heterocycles. The normalized spacial score (nSPS) is 10.6. The predicted octanol–water partition coefficient (Wildman–Crippen LogP) is 5.54. The van der Waals surface area contributed by atoms with Gasteiger partial charge < -0.3 is 10.6 Å². The van der Waals surface area contributed by atoms with Crippen LogP contribution in [0.4, 0.5) is 11.4 Å². The largest absolute Gasteiger partial charge is 0.323 e. The van der Waals surface area contributed by atoms with Gasteiger partial charge in [-0.3, -0.25) is 9.59 Å². The number of hydrogen-bond donors (Lipinski definition) is 3. The lowest BCUT2D eigenvalue weighted by molar-refractivity contribution is -0.114. The zero-order valence-corrected chi connectivity index (χ0v) is 17.2. The van der Waals surface area contributed by atoms with Crippen molar-refractivity contribution in [3.05, 3.63) is 89.4 Å². The van der Waals surface area contributed by atoms with E-state index < -0.39 is 0 Å². The van der Waals surface area contributed by atoms with E-state index in [-0.39, 0.29) is 11.8 Å². The molecule has 0 fully saturated rings. The third kappa shape index (κ3) is 5.58. The van der Waals surface area contributed by atoms with Gasteiger partial charge in [0, 0.05) is 32.9 Å². The Hall–Kier alpha value is -2.83. The van der Waals surface area contributed by atoms with Crippen molar-refractivity contribution in [1.29, 1.82) is 0 Å². The highest BCUT2D eigenvalue weighted by Gasteiger charge is 2.04. The standard InChI is InChI=1S/C22H17BrN2O2S/c23-16-7-11-18(12-8-16)25-22(27)14-13-21(26)24-17-9-5-15(6-10-17)19-3-1-2-4-20(19)28/h1-14,28H,(H,24,26)(H,25,27)/b14-13-. The van der Waals surface area contributed by atoms with Gasteiger partial charge in [-0.25, -0.2) is 0 Å². The second-order valence-electron chi connectivity index (χ2n) is 5.91. The van der Waals surface area contributed by atoms with Crippen LogP contribution in [0.3, 0.4) is 0 Å². The second-order valence-corrected chi connectivity index (χ2v) is 7.31. The molecular formula is C22H17BrN2O2S. The van der Waals surface area contributed by atoms with E-state index in [2.05, 4.69) is 39.2 Å². The van der Waals surface area contributed by atoms with Gasteiger partial charge in [0.1, 0.15) is 0 Å². The van der Waals surface area contributed by atoms with Crippen LogP contribution in [0.15, 0.2) is 94.3 Å². The predicted molar refractivity (Wildman–Crippen MR) is 120 cm³/mol. The molecule has 3 aromatic carbocycles. The first-order valence-electron chi connectivity index (χ1n) is 8.45. The minimum atomic E-state index is -0.381. The average molecular weight is 453 g/mol. The second kappa shape index (κ2) is 9.39. The van der Waals surface area contributed by atoms with Crippen LogP contribution in [0.5, 0.6) is 0 Å². The smallest absolute Gasteiger partial charge is 0.248 e. The Balaban J connectivity index is 1.57. The average Bonchev–Trinajstić information content (AvgIpc) is 2.69. The number of benzene rings is 3. The van der Waals surface area contributed by atoms with Crippen LogP contribution in [0.25, 0.3) is 11.1 Å². The molecule has 140 valence electrons. The van der Waals surface area contributed by atoms with Crippen LogP contribution < -0.4 is 10.6 Å². The first-order valence-corrected chi connectivity index (χ1v) is 9.69. The molecule has 28 heavy (non-hydrogen) atoms. The SMILES string of the molecule is O=C(/C=C\C(=O)Nc1ccc(-c2ccccc2S)cc1)Nc1ccc(Br)cc1. The molecule has 0 saturated heterocycles. The van der Waals surface area contributed by atoms with Gasteiger partial charge in [-0.05, 0) is 53.6 Å². The van der Waals surface area contributed by atoms with Gasteiger partial charge in [-0.1, -0.05) is 46.3 Å². The van der Waals surface area contributed by atoms with E-state index >= 15 is 0 Å². The topological polar surface area (TPSA) is 58.2 Å². The van der Waals surface area contributed by atoms with E-state index in [0.717, 1.165) is 20.5 Å². The van der Waals surface area contributed by atoms with Crippen molar-refractivity contribution in [2.75, 3.05) is 10.6 Å². The summed E-state index contributed by atoms with van der Waals surface area (Å²) >= 11 is 7.79. The Morgan fingerprint density at radius 2 is 1.25 bits per heavy atom. The Morgan fingerprint density at radius 3 is 1.79 bits per heavy atom. The summed E-state index contributed by atoms with van der Waals surface area (Å²) in [4.78, 5) is 24.8. The minimum absolute atomic E-state index is 0.377. The lowest BCUT2D eigenvalue weighted by atomic mass is 10.1. The molecule has 0 aromatic heterocycles. The number of carbonyl (C=O) groups excluding carboxylic acids is 2. The number of anilines is 2. The number of thiol groups is 1.